The van der Waals surface area contributed by atoms with Gasteiger partial charge in [0.25, 0.3) is 0 Å². The predicted molar refractivity (Wildman–Crippen MR) is 51.7 cm³/mol. The summed E-state index contributed by atoms with van der Waals surface area (Å²) in [7, 11) is 0. The molecule has 3 heteroatoms. The Morgan fingerprint density at radius 3 is 2.85 bits per heavy atom. The third-order valence-electron chi connectivity index (χ3n) is 3.02. The Kier molecular flexibility index (Phi) is 3.72. The van der Waals surface area contributed by atoms with Crippen molar-refractivity contribution in [1.29, 1.82) is 0 Å². The molecular formula is C10H19NO2. The molecule has 0 aromatic heterocycles. The average Bonchev–Trinajstić information content (AvgIpc) is 2.51. The van der Waals surface area contributed by atoms with Crippen LogP contribution < -0.4 is 5.32 Å². The van der Waals surface area contributed by atoms with Crippen LogP contribution in [0.25, 0.3) is 0 Å². The molecule has 0 aromatic carbocycles. The van der Waals surface area contributed by atoms with Gasteiger partial charge in [-0.2, -0.15) is 0 Å². The zero-order valence-electron chi connectivity index (χ0n) is 8.42. The standard InChI is InChI=1S/C10H19NO2/c1-3-8-5-4-6-9(8)11-7(2)10(12)13/h7-9,11H,3-6H2,1-2H3,(H,12,13). The van der Waals surface area contributed by atoms with Crippen LogP contribution >= 0.6 is 0 Å². The van der Waals surface area contributed by atoms with Crippen molar-refractivity contribution in [3.05, 3.63) is 0 Å². The zero-order chi connectivity index (χ0) is 9.84. The van der Waals surface area contributed by atoms with Crippen LogP contribution in [0.1, 0.15) is 39.5 Å². The van der Waals surface area contributed by atoms with E-state index in [2.05, 4.69) is 12.2 Å². The highest BCUT2D eigenvalue weighted by atomic mass is 16.4. The normalized spacial score (nSPS) is 30.3. The van der Waals surface area contributed by atoms with E-state index in [0.717, 1.165) is 12.8 Å². The molecular weight excluding hydrogens is 166 g/mol. The van der Waals surface area contributed by atoms with Crippen molar-refractivity contribution < 1.29 is 9.90 Å². The molecule has 0 amide bonds. The average molecular weight is 185 g/mol. The second-order valence-electron chi connectivity index (χ2n) is 3.93. The predicted octanol–water partition coefficient (Wildman–Crippen LogP) is 1.63. The smallest absolute Gasteiger partial charge is 0.320 e. The van der Waals surface area contributed by atoms with Crippen LogP contribution in [0.15, 0.2) is 0 Å². The number of aliphatic carboxylic acids is 1. The van der Waals surface area contributed by atoms with E-state index in [1.165, 1.54) is 12.8 Å². The van der Waals surface area contributed by atoms with Crippen LogP contribution in [0.2, 0.25) is 0 Å². The molecule has 3 unspecified atom stereocenters. The minimum absolute atomic E-state index is 0.405. The van der Waals surface area contributed by atoms with Crippen LogP contribution in [-0.4, -0.2) is 23.2 Å². The third kappa shape index (κ3) is 2.69. The number of carbonyl (C=O) groups is 1. The second kappa shape index (κ2) is 4.61. The molecule has 3 atom stereocenters. The lowest BCUT2D eigenvalue weighted by Crippen LogP contribution is -2.42. The molecule has 0 saturated heterocycles. The van der Waals surface area contributed by atoms with Crippen molar-refractivity contribution in [2.24, 2.45) is 5.92 Å². The van der Waals surface area contributed by atoms with E-state index in [-0.39, 0.29) is 0 Å². The van der Waals surface area contributed by atoms with Crippen LogP contribution in [0.3, 0.4) is 0 Å². The van der Waals surface area contributed by atoms with Crippen molar-refractivity contribution in [1.82, 2.24) is 5.32 Å². The first kappa shape index (κ1) is 10.5. The van der Waals surface area contributed by atoms with Gasteiger partial charge in [0.2, 0.25) is 0 Å². The summed E-state index contributed by atoms with van der Waals surface area (Å²) in [5, 5.41) is 11.9. The molecule has 76 valence electrons. The van der Waals surface area contributed by atoms with Crippen LogP contribution in [0.5, 0.6) is 0 Å². The van der Waals surface area contributed by atoms with Gasteiger partial charge in [-0.1, -0.05) is 19.8 Å². The molecule has 0 heterocycles. The zero-order valence-corrected chi connectivity index (χ0v) is 8.42. The summed E-state index contributed by atoms with van der Waals surface area (Å²) >= 11 is 0. The Morgan fingerprint density at radius 2 is 2.31 bits per heavy atom. The lowest BCUT2D eigenvalue weighted by atomic mass is 10.00. The van der Waals surface area contributed by atoms with Crippen LogP contribution in [-0.2, 0) is 4.79 Å². The summed E-state index contributed by atoms with van der Waals surface area (Å²) in [5.74, 6) is -0.0662. The maximum absolute atomic E-state index is 10.6. The minimum atomic E-state index is -0.748. The molecule has 1 rings (SSSR count). The van der Waals surface area contributed by atoms with Crippen LogP contribution in [0, 0.1) is 5.92 Å². The summed E-state index contributed by atoms with van der Waals surface area (Å²) < 4.78 is 0. The van der Waals surface area contributed by atoms with Gasteiger partial charge in [0.15, 0.2) is 0 Å². The molecule has 3 nitrogen and oxygen atoms in total. The fourth-order valence-corrected chi connectivity index (χ4v) is 2.14. The summed E-state index contributed by atoms with van der Waals surface area (Å²) in [6.07, 6.45) is 4.78. The van der Waals surface area contributed by atoms with Gasteiger partial charge in [-0.3, -0.25) is 4.79 Å². The molecule has 0 spiro atoms. The van der Waals surface area contributed by atoms with E-state index in [0.29, 0.717) is 12.0 Å². The van der Waals surface area contributed by atoms with E-state index >= 15 is 0 Å². The Hall–Kier alpha value is -0.570. The quantitative estimate of drug-likeness (QED) is 0.700. The van der Waals surface area contributed by atoms with Gasteiger partial charge < -0.3 is 10.4 Å². The number of carboxylic acid groups (broad SMARTS) is 1. The maximum Gasteiger partial charge on any atom is 0.320 e. The Labute approximate surface area is 79.5 Å². The second-order valence-corrected chi connectivity index (χ2v) is 3.93. The fourth-order valence-electron chi connectivity index (χ4n) is 2.14. The van der Waals surface area contributed by atoms with Gasteiger partial charge in [-0.05, 0) is 25.7 Å². The molecule has 1 fully saturated rings. The summed E-state index contributed by atoms with van der Waals surface area (Å²) in [6.45, 7) is 3.89. The van der Waals surface area contributed by atoms with E-state index < -0.39 is 12.0 Å². The number of nitrogens with one attached hydrogen (secondary N) is 1. The molecule has 13 heavy (non-hydrogen) atoms. The minimum Gasteiger partial charge on any atom is -0.480 e. The maximum atomic E-state index is 10.6. The van der Waals surface area contributed by atoms with Gasteiger partial charge in [-0.15, -0.1) is 0 Å². The summed E-state index contributed by atoms with van der Waals surface area (Å²) in [4.78, 5) is 10.6. The number of rotatable bonds is 4. The van der Waals surface area contributed by atoms with E-state index in [9.17, 15) is 4.79 Å². The van der Waals surface area contributed by atoms with Crippen molar-refractivity contribution >= 4 is 5.97 Å². The molecule has 0 radical (unpaired) electrons. The van der Waals surface area contributed by atoms with Gasteiger partial charge >= 0.3 is 5.97 Å². The number of hydrogen-bond acceptors (Lipinski definition) is 2. The van der Waals surface area contributed by atoms with Gasteiger partial charge in [-0.25, -0.2) is 0 Å². The van der Waals surface area contributed by atoms with Crippen LogP contribution in [0.4, 0.5) is 0 Å². The highest BCUT2D eigenvalue weighted by Crippen LogP contribution is 2.28. The highest BCUT2D eigenvalue weighted by Gasteiger charge is 2.27. The number of hydrogen-bond donors (Lipinski definition) is 2. The van der Waals surface area contributed by atoms with E-state index in [4.69, 9.17) is 5.11 Å². The summed E-state index contributed by atoms with van der Waals surface area (Å²) in [5.41, 5.74) is 0. The monoisotopic (exact) mass is 185 g/mol. The Morgan fingerprint density at radius 1 is 1.62 bits per heavy atom. The third-order valence-corrected chi connectivity index (χ3v) is 3.02. The summed E-state index contributed by atoms with van der Waals surface area (Å²) in [6, 6.07) is 0.0215. The van der Waals surface area contributed by atoms with Crippen molar-refractivity contribution in [2.45, 2.75) is 51.6 Å². The molecule has 2 N–H and O–H groups in total. The number of carboxylic acids is 1. The largest absolute Gasteiger partial charge is 0.480 e. The van der Waals surface area contributed by atoms with Crippen molar-refractivity contribution in [3.8, 4) is 0 Å². The fraction of sp³-hybridized carbons (Fsp3) is 0.900. The molecule has 0 aliphatic heterocycles. The van der Waals surface area contributed by atoms with Crippen molar-refractivity contribution in [3.63, 3.8) is 0 Å². The van der Waals surface area contributed by atoms with E-state index in [1.54, 1.807) is 6.92 Å². The Balaban J connectivity index is 2.39. The molecule has 0 aromatic rings. The topological polar surface area (TPSA) is 49.3 Å². The molecule has 1 saturated carbocycles. The highest BCUT2D eigenvalue weighted by molar-refractivity contribution is 5.72. The first-order valence-electron chi connectivity index (χ1n) is 5.14. The first-order valence-corrected chi connectivity index (χ1v) is 5.14. The van der Waals surface area contributed by atoms with Gasteiger partial charge in [0.05, 0.1) is 0 Å². The molecule has 1 aliphatic rings. The van der Waals surface area contributed by atoms with Gasteiger partial charge in [0.1, 0.15) is 6.04 Å². The lowest BCUT2D eigenvalue weighted by molar-refractivity contribution is -0.139. The molecule has 0 bridgehead atoms. The SMILES string of the molecule is CCC1CCCC1NC(C)C(=O)O. The lowest BCUT2D eigenvalue weighted by Gasteiger charge is -2.21. The molecule has 1 aliphatic carbocycles. The van der Waals surface area contributed by atoms with Gasteiger partial charge in [0, 0.05) is 6.04 Å². The van der Waals surface area contributed by atoms with E-state index in [1.807, 2.05) is 0 Å². The van der Waals surface area contributed by atoms with Crippen molar-refractivity contribution in [2.75, 3.05) is 0 Å². The first-order chi connectivity index (χ1) is 6.15. The Bertz CT molecular complexity index is 182.